The van der Waals surface area contributed by atoms with Gasteiger partial charge in [-0.05, 0) is 43.6 Å². The van der Waals surface area contributed by atoms with Crippen LogP contribution in [0.5, 0.6) is 0 Å². The minimum absolute atomic E-state index is 0.986. The predicted molar refractivity (Wildman–Crippen MR) is 75.4 cm³/mol. The number of rotatable bonds is 7. The van der Waals surface area contributed by atoms with Crippen LogP contribution in [0.1, 0.15) is 30.5 Å². The zero-order valence-electron chi connectivity index (χ0n) is 11.7. The van der Waals surface area contributed by atoms with Gasteiger partial charge in [-0.15, -0.1) is 0 Å². The molecule has 0 amide bonds. The van der Waals surface area contributed by atoms with Gasteiger partial charge >= 0.3 is 0 Å². The van der Waals surface area contributed by atoms with E-state index in [0.717, 1.165) is 32.7 Å². The first-order chi connectivity index (χ1) is 8.19. The molecule has 0 radical (unpaired) electrons. The Hall–Kier alpha value is -0.860. The van der Waals surface area contributed by atoms with E-state index in [1.165, 1.54) is 16.7 Å². The highest BCUT2D eigenvalue weighted by Gasteiger charge is 2.02. The van der Waals surface area contributed by atoms with Crippen molar-refractivity contribution in [3.63, 3.8) is 0 Å². The molecule has 0 fully saturated rings. The smallest absolute Gasteiger partial charge is 0.0211 e. The molecular weight excluding hydrogens is 208 g/mol. The van der Waals surface area contributed by atoms with Crippen LogP contribution in [0, 0.1) is 13.8 Å². The van der Waals surface area contributed by atoms with Crippen LogP contribution in [0.4, 0.5) is 0 Å². The van der Waals surface area contributed by atoms with Crippen LogP contribution in [0.15, 0.2) is 18.2 Å². The molecule has 0 spiro atoms. The number of nitrogens with zero attached hydrogens (tertiary/aromatic N) is 1. The largest absolute Gasteiger partial charge is 0.311 e. The van der Waals surface area contributed by atoms with E-state index in [-0.39, 0.29) is 0 Å². The number of hydrogen-bond acceptors (Lipinski definition) is 2. The third-order valence-electron chi connectivity index (χ3n) is 3.45. The molecule has 96 valence electrons. The molecule has 0 aliphatic carbocycles. The second-order valence-electron chi connectivity index (χ2n) is 4.57. The van der Waals surface area contributed by atoms with E-state index in [1.54, 1.807) is 0 Å². The lowest BCUT2D eigenvalue weighted by atomic mass is 10.0. The highest BCUT2D eigenvalue weighted by molar-refractivity contribution is 5.33. The van der Waals surface area contributed by atoms with E-state index in [1.807, 2.05) is 0 Å². The Balaban J connectivity index is 2.36. The summed E-state index contributed by atoms with van der Waals surface area (Å²) in [6.45, 7) is 14.3. The molecule has 0 atom stereocenters. The van der Waals surface area contributed by atoms with Gasteiger partial charge in [0.05, 0.1) is 0 Å². The molecular formula is C15H26N2. The maximum atomic E-state index is 3.54. The van der Waals surface area contributed by atoms with Gasteiger partial charge in [0.15, 0.2) is 0 Å². The number of benzene rings is 1. The van der Waals surface area contributed by atoms with Gasteiger partial charge in [0, 0.05) is 19.6 Å². The van der Waals surface area contributed by atoms with Crippen LogP contribution in [0.25, 0.3) is 0 Å². The topological polar surface area (TPSA) is 15.3 Å². The molecule has 1 aromatic rings. The van der Waals surface area contributed by atoms with Crippen LogP contribution >= 0.6 is 0 Å². The van der Waals surface area contributed by atoms with Crippen molar-refractivity contribution in [2.24, 2.45) is 0 Å². The quantitative estimate of drug-likeness (QED) is 0.730. The molecule has 0 aromatic heterocycles. The highest BCUT2D eigenvalue weighted by atomic mass is 15.1. The van der Waals surface area contributed by atoms with Gasteiger partial charge in [0.25, 0.3) is 0 Å². The average Bonchev–Trinajstić information content (AvgIpc) is 2.32. The Morgan fingerprint density at radius 1 is 1.06 bits per heavy atom. The summed E-state index contributed by atoms with van der Waals surface area (Å²) in [5, 5.41) is 3.54. The molecule has 17 heavy (non-hydrogen) atoms. The van der Waals surface area contributed by atoms with Crippen LogP contribution in [-0.2, 0) is 6.54 Å². The molecule has 0 aliphatic heterocycles. The molecule has 0 saturated carbocycles. The average molecular weight is 234 g/mol. The number of likely N-dealkylation sites (N-methyl/N-ethyl adjacent to an activating group) is 1. The summed E-state index contributed by atoms with van der Waals surface area (Å²) in [7, 11) is 0. The summed E-state index contributed by atoms with van der Waals surface area (Å²) in [5.41, 5.74) is 4.23. The first-order valence-electron chi connectivity index (χ1n) is 6.67. The fourth-order valence-corrected chi connectivity index (χ4v) is 2.12. The Bertz CT molecular complexity index is 309. The molecule has 0 bridgehead atoms. The minimum Gasteiger partial charge on any atom is -0.311 e. The Morgan fingerprint density at radius 2 is 1.65 bits per heavy atom. The summed E-state index contributed by atoms with van der Waals surface area (Å²) >= 11 is 0. The lowest BCUT2D eigenvalue weighted by molar-refractivity contribution is 0.302. The maximum absolute atomic E-state index is 3.54. The predicted octanol–water partition coefficient (Wildman–Crippen LogP) is 2.73. The summed E-state index contributed by atoms with van der Waals surface area (Å²) in [4.78, 5) is 2.44. The normalized spacial score (nSPS) is 11.1. The number of nitrogens with one attached hydrogen (secondary N) is 1. The SMILES string of the molecule is CCN(CC)CCNCc1c(C)cccc1C. The van der Waals surface area contributed by atoms with Gasteiger partial charge in [-0.2, -0.15) is 0 Å². The molecule has 1 aromatic carbocycles. The van der Waals surface area contributed by atoms with Crippen molar-refractivity contribution in [1.82, 2.24) is 10.2 Å². The molecule has 2 nitrogen and oxygen atoms in total. The molecule has 1 N–H and O–H groups in total. The van der Waals surface area contributed by atoms with Crippen LogP contribution < -0.4 is 5.32 Å². The molecule has 0 saturated heterocycles. The van der Waals surface area contributed by atoms with Crippen LogP contribution in [0.3, 0.4) is 0 Å². The van der Waals surface area contributed by atoms with E-state index in [0.29, 0.717) is 0 Å². The second-order valence-corrected chi connectivity index (χ2v) is 4.57. The summed E-state index contributed by atoms with van der Waals surface area (Å²) < 4.78 is 0. The van der Waals surface area contributed by atoms with Crippen molar-refractivity contribution in [1.29, 1.82) is 0 Å². The van der Waals surface area contributed by atoms with E-state index < -0.39 is 0 Å². The highest BCUT2D eigenvalue weighted by Crippen LogP contribution is 2.12. The van der Waals surface area contributed by atoms with Gasteiger partial charge in [-0.25, -0.2) is 0 Å². The minimum atomic E-state index is 0.986. The summed E-state index contributed by atoms with van der Waals surface area (Å²) in [6.07, 6.45) is 0. The molecule has 0 unspecified atom stereocenters. The first-order valence-corrected chi connectivity index (χ1v) is 6.67. The van der Waals surface area contributed by atoms with Crippen molar-refractivity contribution in [3.05, 3.63) is 34.9 Å². The zero-order chi connectivity index (χ0) is 12.7. The van der Waals surface area contributed by atoms with Crippen molar-refractivity contribution < 1.29 is 0 Å². The standard InChI is InChI=1S/C15H26N2/c1-5-17(6-2)11-10-16-12-15-13(3)8-7-9-14(15)4/h7-9,16H,5-6,10-12H2,1-4H3. The lowest BCUT2D eigenvalue weighted by Crippen LogP contribution is -2.31. The van der Waals surface area contributed by atoms with E-state index in [4.69, 9.17) is 0 Å². The van der Waals surface area contributed by atoms with Gasteiger partial charge in [0.2, 0.25) is 0 Å². The van der Waals surface area contributed by atoms with Gasteiger partial charge in [-0.1, -0.05) is 32.0 Å². The first kappa shape index (κ1) is 14.2. The third kappa shape index (κ3) is 4.49. The monoisotopic (exact) mass is 234 g/mol. The lowest BCUT2D eigenvalue weighted by Gasteiger charge is -2.18. The summed E-state index contributed by atoms with van der Waals surface area (Å²) in [5.74, 6) is 0. The van der Waals surface area contributed by atoms with E-state index in [2.05, 4.69) is 56.1 Å². The summed E-state index contributed by atoms with van der Waals surface area (Å²) in [6, 6.07) is 6.51. The van der Waals surface area contributed by atoms with E-state index in [9.17, 15) is 0 Å². The van der Waals surface area contributed by atoms with Gasteiger partial charge in [0.1, 0.15) is 0 Å². The molecule has 1 rings (SSSR count). The van der Waals surface area contributed by atoms with Crippen molar-refractivity contribution >= 4 is 0 Å². The number of hydrogen-bond donors (Lipinski definition) is 1. The van der Waals surface area contributed by atoms with Gasteiger partial charge in [-0.3, -0.25) is 0 Å². The van der Waals surface area contributed by atoms with Crippen molar-refractivity contribution in [2.45, 2.75) is 34.2 Å². The van der Waals surface area contributed by atoms with Crippen LogP contribution in [0.2, 0.25) is 0 Å². The fraction of sp³-hybridized carbons (Fsp3) is 0.600. The molecule has 2 heteroatoms. The fourth-order valence-electron chi connectivity index (χ4n) is 2.12. The number of aryl methyl sites for hydroxylation is 2. The third-order valence-corrected chi connectivity index (χ3v) is 3.45. The molecule has 0 heterocycles. The van der Waals surface area contributed by atoms with Crippen LogP contribution in [-0.4, -0.2) is 31.1 Å². The Morgan fingerprint density at radius 3 is 2.18 bits per heavy atom. The maximum Gasteiger partial charge on any atom is 0.0211 e. The Labute approximate surface area is 106 Å². The Kier molecular flexibility index (Phi) is 6.23. The zero-order valence-corrected chi connectivity index (χ0v) is 11.7. The van der Waals surface area contributed by atoms with Crippen molar-refractivity contribution in [2.75, 3.05) is 26.2 Å². The second kappa shape index (κ2) is 7.46. The van der Waals surface area contributed by atoms with Crippen molar-refractivity contribution in [3.8, 4) is 0 Å². The van der Waals surface area contributed by atoms with Gasteiger partial charge < -0.3 is 10.2 Å². The molecule has 0 aliphatic rings. The van der Waals surface area contributed by atoms with E-state index >= 15 is 0 Å².